The Morgan fingerprint density at radius 1 is 1.30 bits per heavy atom. The lowest BCUT2D eigenvalue weighted by molar-refractivity contribution is -0.139. The Hall–Kier alpha value is -1.53. The van der Waals surface area contributed by atoms with Crippen LogP contribution in [0.2, 0.25) is 0 Å². The number of ketones is 1. The molecule has 0 spiro atoms. The maximum Gasteiger partial charge on any atom is 0.310 e. The summed E-state index contributed by atoms with van der Waals surface area (Å²) in [4.78, 5) is 24.6. The highest BCUT2D eigenvalue weighted by Crippen LogP contribution is 2.23. The topological polar surface area (TPSA) is 43.4 Å². The molecule has 0 N–H and O–H groups in total. The van der Waals surface area contributed by atoms with Gasteiger partial charge in [-0.15, -0.1) is 11.3 Å². The Morgan fingerprint density at radius 3 is 2.70 bits per heavy atom. The SMILES string of the molecule is COC(=O)Cc1ccc(C(=O)c2ccc(F)c(Br)c2)s1. The molecule has 6 heteroatoms. The van der Waals surface area contributed by atoms with Gasteiger partial charge in [-0.3, -0.25) is 9.59 Å². The van der Waals surface area contributed by atoms with E-state index in [0.29, 0.717) is 10.4 Å². The lowest BCUT2D eigenvalue weighted by Gasteiger charge is -2.00. The number of thiophene rings is 1. The van der Waals surface area contributed by atoms with E-state index in [2.05, 4.69) is 20.7 Å². The van der Waals surface area contributed by atoms with E-state index < -0.39 is 5.82 Å². The second kappa shape index (κ2) is 6.28. The smallest absolute Gasteiger partial charge is 0.310 e. The van der Waals surface area contributed by atoms with Crippen molar-refractivity contribution in [2.45, 2.75) is 6.42 Å². The molecule has 1 aromatic carbocycles. The van der Waals surface area contributed by atoms with Gasteiger partial charge in [-0.1, -0.05) is 0 Å². The highest BCUT2D eigenvalue weighted by Gasteiger charge is 2.14. The third kappa shape index (κ3) is 3.32. The zero-order valence-electron chi connectivity index (χ0n) is 10.5. The molecule has 0 aliphatic heterocycles. The molecule has 0 unspecified atom stereocenters. The summed E-state index contributed by atoms with van der Waals surface area (Å²) in [6, 6.07) is 7.48. The van der Waals surface area contributed by atoms with Crippen LogP contribution in [0.5, 0.6) is 0 Å². The zero-order chi connectivity index (χ0) is 14.7. The number of methoxy groups -OCH3 is 1. The molecule has 2 rings (SSSR count). The number of carbonyl (C=O) groups is 2. The molecule has 0 aliphatic carbocycles. The van der Waals surface area contributed by atoms with E-state index >= 15 is 0 Å². The molecule has 104 valence electrons. The van der Waals surface area contributed by atoms with Gasteiger partial charge in [-0.25, -0.2) is 4.39 Å². The molecular weight excluding hydrogens is 347 g/mol. The zero-order valence-corrected chi connectivity index (χ0v) is 12.9. The van der Waals surface area contributed by atoms with E-state index in [1.54, 1.807) is 12.1 Å². The Labute approximate surface area is 127 Å². The molecule has 0 bridgehead atoms. The predicted octanol–water partition coefficient (Wildman–Crippen LogP) is 3.60. The minimum Gasteiger partial charge on any atom is -0.469 e. The van der Waals surface area contributed by atoms with Crippen LogP contribution in [0, 0.1) is 5.82 Å². The number of carbonyl (C=O) groups excluding carboxylic acids is 2. The van der Waals surface area contributed by atoms with Crippen LogP contribution in [0.4, 0.5) is 4.39 Å². The van der Waals surface area contributed by atoms with Crippen LogP contribution < -0.4 is 0 Å². The summed E-state index contributed by atoms with van der Waals surface area (Å²) >= 11 is 4.28. The first-order valence-electron chi connectivity index (χ1n) is 5.66. The van der Waals surface area contributed by atoms with Crippen molar-refractivity contribution in [2.24, 2.45) is 0 Å². The number of esters is 1. The van der Waals surface area contributed by atoms with Gasteiger partial charge in [-0.2, -0.15) is 0 Å². The molecule has 1 heterocycles. The first-order chi connectivity index (χ1) is 9.51. The lowest BCUT2D eigenvalue weighted by Crippen LogP contribution is -2.02. The first kappa shape index (κ1) is 14.9. The summed E-state index contributed by atoms with van der Waals surface area (Å²) in [7, 11) is 1.32. The predicted molar refractivity (Wildman–Crippen MR) is 77.6 cm³/mol. The van der Waals surface area contributed by atoms with E-state index in [-0.39, 0.29) is 22.6 Å². The van der Waals surface area contributed by atoms with Crippen molar-refractivity contribution < 1.29 is 18.7 Å². The number of hydrogen-bond donors (Lipinski definition) is 0. The van der Waals surface area contributed by atoms with Gasteiger partial charge in [0.25, 0.3) is 0 Å². The van der Waals surface area contributed by atoms with Crippen LogP contribution in [-0.4, -0.2) is 18.9 Å². The van der Waals surface area contributed by atoms with Gasteiger partial charge in [0.05, 0.1) is 22.9 Å². The molecule has 1 aromatic heterocycles. The van der Waals surface area contributed by atoms with Gasteiger partial charge < -0.3 is 4.74 Å². The molecule has 0 amide bonds. The van der Waals surface area contributed by atoms with E-state index in [4.69, 9.17) is 0 Å². The third-order valence-electron chi connectivity index (χ3n) is 2.61. The molecule has 0 atom stereocenters. The maximum absolute atomic E-state index is 13.1. The molecule has 3 nitrogen and oxygen atoms in total. The Balaban J connectivity index is 2.21. The number of benzene rings is 1. The summed E-state index contributed by atoms with van der Waals surface area (Å²) in [6.45, 7) is 0. The molecule has 0 saturated carbocycles. The minimum atomic E-state index is -0.417. The van der Waals surface area contributed by atoms with Crippen LogP contribution in [0.15, 0.2) is 34.8 Å². The lowest BCUT2D eigenvalue weighted by atomic mass is 10.1. The summed E-state index contributed by atoms with van der Waals surface area (Å²) < 4.78 is 18.0. The molecule has 0 aliphatic rings. The molecule has 0 radical (unpaired) electrons. The third-order valence-corrected chi connectivity index (χ3v) is 4.31. The second-order valence-corrected chi connectivity index (χ2v) is 6.00. The fraction of sp³-hybridized carbons (Fsp3) is 0.143. The van der Waals surface area contributed by atoms with Gasteiger partial charge in [0.1, 0.15) is 5.82 Å². The van der Waals surface area contributed by atoms with E-state index in [1.807, 2.05) is 0 Å². The Bertz CT molecular complexity index is 666. The van der Waals surface area contributed by atoms with Gasteiger partial charge in [0, 0.05) is 10.4 Å². The van der Waals surface area contributed by atoms with Crippen molar-refractivity contribution in [1.29, 1.82) is 0 Å². The van der Waals surface area contributed by atoms with E-state index in [0.717, 1.165) is 4.88 Å². The van der Waals surface area contributed by atoms with E-state index in [9.17, 15) is 14.0 Å². The standard InChI is InChI=1S/C14H10BrFO3S/c1-19-13(17)7-9-3-5-12(20-9)14(18)8-2-4-11(16)10(15)6-8/h2-6H,7H2,1H3. The quantitative estimate of drug-likeness (QED) is 0.620. The Kier molecular flexibility index (Phi) is 4.67. The monoisotopic (exact) mass is 356 g/mol. The molecular formula is C14H10BrFO3S. The van der Waals surface area contributed by atoms with Crippen molar-refractivity contribution >= 4 is 39.0 Å². The minimum absolute atomic E-state index is 0.140. The van der Waals surface area contributed by atoms with Crippen LogP contribution in [0.25, 0.3) is 0 Å². The maximum atomic E-state index is 13.1. The average molecular weight is 357 g/mol. The number of rotatable bonds is 4. The van der Waals surface area contributed by atoms with Gasteiger partial charge in [-0.05, 0) is 46.3 Å². The molecule has 2 aromatic rings. The number of halogens is 2. The van der Waals surface area contributed by atoms with Crippen LogP contribution in [-0.2, 0) is 16.0 Å². The average Bonchev–Trinajstić information content (AvgIpc) is 2.89. The fourth-order valence-corrected chi connectivity index (χ4v) is 2.92. The van der Waals surface area contributed by atoms with Gasteiger partial charge in [0.2, 0.25) is 5.78 Å². The highest BCUT2D eigenvalue weighted by molar-refractivity contribution is 9.10. The fourth-order valence-electron chi connectivity index (χ4n) is 1.59. The van der Waals surface area contributed by atoms with Crippen LogP contribution in [0.1, 0.15) is 20.1 Å². The van der Waals surface area contributed by atoms with Gasteiger partial charge >= 0.3 is 5.97 Å². The van der Waals surface area contributed by atoms with Gasteiger partial charge in [0.15, 0.2) is 0 Å². The highest BCUT2D eigenvalue weighted by atomic mass is 79.9. The summed E-state index contributed by atoms with van der Waals surface area (Å²) in [5, 5.41) is 0. The van der Waals surface area contributed by atoms with Crippen molar-refractivity contribution in [3.05, 3.63) is 55.9 Å². The number of hydrogen-bond acceptors (Lipinski definition) is 4. The van der Waals surface area contributed by atoms with Crippen molar-refractivity contribution in [2.75, 3.05) is 7.11 Å². The summed E-state index contributed by atoms with van der Waals surface area (Å²) in [5.41, 5.74) is 0.393. The second-order valence-electron chi connectivity index (χ2n) is 3.98. The largest absolute Gasteiger partial charge is 0.469 e. The summed E-state index contributed by atoms with van der Waals surface area (Å²) in [6.07, 6.45) is 0.140. The molecule has 0 fully saturated rings. The molecule has 20 heavy (non-hydrogen) atoms. The van der Waals surface area contributed by atoms with Crippen LogP contribution in [0.3, 0.4) is 0 Å². The van der Waals surface area contributed by atoms with Crippen LogP contribution >= 0.6 is 27.3 Å². The van der Waals surface area contributed by atoms with Crippen molar-refractivity contribution in [3.8, 4) is 0 Å². The molecule has 0 saturated heterocycles. The Morgan fingerprint density at radius 2 is 2.05 bits per heavy atom. The van der Waals surface area contributed by atoms with Crippen molar-refractivity contribution in [1.82, 2.24) is 0 Å². The number of ether oxygens (including phenoxy) is 1. The first-order valence-corrected chi connectivity index (χ1v) is 7.27. The van der Waals surface area contributed by atoms with Crippen molar-refractivity contribution in [3.63, 3.8) is 0 Å². The van der Waals surface area contributed by atoms with E-state index in [1.165, 1.54) is 36.6 Å². The normalized spacial score (nSPS) is 10.3. The summed E-state index contributed by atoms with van der Waals surface area (Å²) in [5.74, 6) is -0.971.